The van der Waals surface area contributed by atoms with Crippen LogP contribution in [0.25, 0.3) is 10.8 Å². The predicted molar refractivity (Wildman–Crippen MR) is 86.3 cm³/mol. The summed E-state index contributed by atoms with van der Waals surface area (Å²) in [6.45, 7) is 0. The summed E-state index contributed by atoms with van der Waals surface area (Å²) in [6.07, 6.45) is 8.96. The van der Waals surface area contributed by atoms with Gasteiger partial charge in [0.25, 0.3) is 0 Å². The Morgan fingerprint density at radius 2 is 2.05 bits per heavy atom. The standard InChI is InChI=1S/C19H18N2O/c20-12-19-18-7-6-14(11-16(18)8-9-21-19)10-15-4-2-1-3-5-17(15)13-22/h6-9,11,13H,1-5,10H2. The number of carbonyl (C=O) groups is 1. The SMILES string of the molecule is N#Cc1nccc2cc(CC3=C(C=O)CCCCC3)ccc12. The van der Waals surface area contributed by atoms with Gasteiger partial charge >= 0.3 is 0 Å². The molecule has 1 heterocycles. The molecule has 0 unspecified atom stereocenters. The van der Waals surface area contributed by atoms with Crippen LogP contribution in [0.3, 0.4) is 0 Å². The molecule has 1 aliphatic rings. The molecule has 0 radical (unpaired) electrons. The summed E-state index contributed by atoms with van der Waals surface area (Å²) in [6, 6.07) is 10.2. The van der Waals surface area contributed by atoms with Crippen LogP contribution in [0, 0.1) is 11.3 Å². The van der Waals surface area contributed by atoms with Crippen molar-refractivity contribution in [3.05, 3.63) is 52.9 Å². The first kappa shape index (κ1) is 14.5. The van der Waals surface area contributed by atoms with E-state index in [0.717, 1.165) is 48.3 Å². The first-order valence-corrected chi connectivity index (χ1v) is 7.75. The molecule has 3 nitrogen and oxygen atoms in total. The molecule has 0 spiro atoms. The van der Waals surface area contributed by atoms with E-state index in [-0.39, 0.29) is 0 Å². The Morgan fingerprint density at radius 3 is 2.86 bits per heavy atom. The van der Waals surface area contributed by atoms with Crippen molar-refractivity contribution in [2.24, 2.45) is 0 Å². The van der Waals surface area contributed by atoms with E-state index in [1.165, 1.54) is 24.0 Å². The van der Waals surface area contributed by atoms with Crippen molar-refractivity contribution in [1.82, 2.24) is 4.98 Å². The molecule has 0 amide bonds. The minimum Gasteiger partial charge on any atom is -0.298 e. The zero-order chi connectivity index (χ0) is 15.4. The number of aromatic nitrogens is 1. The predicted octanol–water partition coefficient (Wildman–Crippen LogP) is 4.11. The Bertz CT molecular complexity index is 784. The molecular weight excluding hydrogens is 272 g/mol. The van der Waals surface area contributed by atoms with Gasteiger partial charge in [-0.15, -0.1) is 0 Å². The molecule has 3 rings (SSSR count). The smallest absolute Gasteiger partial charge is 0.148 e. The second-order valence-corrected chi connectivity index (χ2v) is 5.81. The van der Waals surface area contributed by atoms with Gasteiger partial charge < -0.3 is 0 Å². The summed E-state index contributed by atoms with van der Waals surface area (Å²) >= 11 is 0. The maximum atomic E-state index is 11.3. The maximum absolute atomic E-state index is 11.3. The number of allylic oxidation sites excluding steroid dienone is 2. The molecule has 22 heavy (non-hydrogen) atoms. The Kier molecular flexibility index (Phi) is 4.29. The number of rotatable bonds is 3. The lowest BCUT2D eigenvalue weighted by Crippen LogP contribution is -1.97. The topological polar surface area (TPSA) is 53.8 Å². The number of hydrogen-bond donors (Lipinski definition) is 0. The fourth-order valence-corrected chi connectivity index (χ4v) is 3.18. The van der Waals surface area contributed by atoms with Crippen LogP contribution in [0.5, 0.6) is 0 Å². The van der Waals surface area contributed by atoms with E-state index in [4.69, 9.17) is 5.26 Å². The minimum absolute atomic E-state index is 0.464. The van der Waals surface area contributed by atoms with Gasteiger partial charge in [0.1, 0.15) is 18.0 Å². The average molecular weight is 290 g/mol. The molecule has 0 aliphatic heterocycles. The lowest BCUT2D eigenvalue weighted by Gasteiger charge is -2.10. The van der Waals surface area contributed by atoms with E-state index in [9.17, 15) is 4.79 Å². The third kappa shape index (κ3) is 2.92. The van der Waals surface area contributed by atoms with Gasteiger partial charge in [0.2, 0.25) is 0 Å². The number of benzene rings is 1. The highest BCUT2D eigenvalue weighted by molar-refractivity contribution is 5.87. The molecule has 3 heteroatoms. The molecule has 110 valence electrons. The minimum atomic E-state index is 0.464. The van der Waals surface area contributed by atoms with E-state index < -0.39 is 0 Å². The first-order chi connectivity index (χ1) is 10.8. The van der Waals surface area contributed by atoms with Gasteiger partial charge in [0.05, 0.1) is 0 Å². The second kappa shape index (κ2) is 6.53. The van der Waals surface area contributed by atoms with Crippen LogP contribution in [0.2, 0.25) is 0 Å². The van der Waals surface area contributed by atoms with E-state index in [0.29, 0.717) is 5.69 Å². The molecule has 0 N–H and O–H groups in total. The highest BCUT2D eigenvalue weighted by Gasteiger charge is 2.12. The number of fused-ring (bicyclic) bond motifs is 1. The number of aldehydes is 1. The van der Waals surface area contributed by atoms with Crippen LogP contribution in [0.15, 0.2) is 41.6 Å². The zero-order valence-corrected chi connectivity index (χ0v) is 12.5. The summed E-state index contributed by atoms with van der Waals surface area (Å²) in [5, 5.41) is 11.0. The highest BCUT2D eigenvalue weighted by atomic mass is 16.1. The Morgan fingerprint density at radius 1 is 1.18 bits per heavy atom. The number of nitrogens with zero attached hydrogens (tertiary/aromatic N) is 2. The summed E-state index contributed by atoms with van der Waals surface area (Å²) in [4.78, 5) is 15.4. The fourth-order valence-electron chi connectivity index (χ4n) is 3.18. The number of carbonyl (C=O) groups excluding carboxylic acids is 1. The molecule has 0 saturated heterocycles. The van der Waals surface area contributed by atoms with Gasteiger partial charge in [0, 0.05) is 11.6 Å². The van der Waals surface area contributed by atoms with E-state index in [1.807, 2.05) is 18.2 Å². The average Bonchev–Trinajstić information content (AvgIpc) is 2.79. The van der Waals surface area contributed by atoms with Gasteiger partial charge in [-0.3, -0.25) is 4.79 Å². The molecule has 0 saturated carbocycles. The lowest BCUT2D eigenvalue weighted by molar-refractivity contribution is -0.105. The van der Waals surface area contributed by atoms with Crippen LogP contribution in [-0.4, -0.2) is 11.3 Å². The van der Waals surface area contributed by atoms with Crippen LogP contribution in [0.1, 0.15) is 43.4 Å². The number of hydrogen-bond acceptors (Lipinski definition) is 3. The summed E-state index contributed by atoms with van der Waals surface area (Å²) in [5.41, 5.74) is 3.93. The van der Waals surface area contributed by atoms with Crippen molar-refractivity contribution in [3.8, 4) is 6.07 Å². The molecule has 1 aromatic carbocycles. The Labute approximate surface area is 130 Å². The first-order valence-electron chi connectivity index (χ1n) is 7.75. The third-order valence-electron chi connectivity index (χ3n) is 4.37. The van der Waals surface area contributed by atoms with Crippen LogP contribution >= 0.6 is 0 Å². The van der Waals surface area contributed by atoms with Crippen molar-refractivity contribution >= 4 is 17.1 Å². The molecule has 2 aromatic rings. The summed E-state index contributed by atoms with van der Waals surface area (Å²) in [5.74, 6) is 0. The lowest BCUT2D eigenvalue weighted by atomic mass is 9.95. The summed E-state index contributed by atoms with van der Waals surface area (Å²) in [7, 11) is 0. The fraction of sp³-hybridized carbons (Fsp3) is 0.316. The molecule has 0 bridgehead atoms. The molecule has 0 fully saturated rings. The third-order valence-corrected chi connectivity index (χ3v) is 4.37. The van der Waals surface area contributed by atoms with Crippen molar-refractivity contribution < 1.29 is 4.79 Å². The van der Waals surface area contributed by atoms with E-state index in [1.54, 1.807) is 6.20 Å². The molecule has 1 aliphatic carbocycles. The van der Waals surface area contributed by atoms with Gasteiger partial charge in [-0.25, -0.2) is 4.98 Å². The van der Waals surface area contributed by atoms with Gasteiger partial charge in [-0.05, 0) is 54.7 Å². The van der Waals surface area contributed by atoms with Gasteiger partial charge in [-0.1, -0.05) is 30.2 Å². The van der Waals surface area contributed by atoms with E-state index in [2.05, 4.69) is 17.1 Å². The number of pyridine rings is 1. The Balaban J connectivity index is 1.95. The van der Waals surface area contributed by atoms with Crippen molar-refractivity contribution in [2.75, 3.05) is 0 Å². The molecule has 1 aromatic heterocycles. The molecular formula is C19H18N2O. The quantitative estimate of drug-likeness (QED) is 0.799. The largest absolute Gasteiger partial charge is 0.298 e. The van der Waals surface area contributed by atoms with Crippen molar-refractivity contribution in [2.45, 2.75) is 38.5 Å². The number of nitriles is 1. The van der Waals surface area contributed by atoms with E-state index >= 15 is 0 Å². The second-order valence-electron chi connectivity index (χ2n) is 5.81. The van der Waals surface area contributed by atoms with Crippen molar-refractivity contribution in [1.29, 1.82) is 5.26 Å². The van der Waals surface area contributed by atoms with Gasteiger partial charge in [0.15, 0.2) is 0 Å². The maximum Gasteiger partial charge on any atom is 0.148 e. The Hall–Kier alpha value is -2.47. The van der Waals surface area contributed by atoms with Crippen LogP contribution < -0.4 is 0 Å². The van der Waals surface area contributed by atoms with Crippen molar-refractivity contribution in [3.63, 3.8) is 0 Å². The highest BCUT2D eigenvalue weighted by Crippen LogP contribution is 2.27. The van der Waals surface area contributed by atoms with Crippen LogP contribution in [0.4, 0.5) is 0 Å². The monoisotopic (exact) mass is 290 g/mol. The normalized spacial score (nSPS) is 15.4. The molecule has 0 atom stereocenters. The van der Waals surface area contributed by atoms with Gasteiger partial charge in [-0.2, -0.15) is 5.26 Å². The zero-order valence-electron chi connectivity index (χ0n) is 12.5. The van der Waals surface area contributed by atoms with Crippen LogP contribution in [-0.2, 0) is 11.2 Å². The summed E-state index contributed by atoms with van der Waals surface area (Å²) < 4.78 is 0.